The molecule has 7 heteroatoms. The number of hydrogen-bond donors (Lipinski definition) is 1. The highest BCUT2D eigenvalue weighted by Crippen LogP contribution is 2.18. The van der Waals surface area contributed by atoms with E-state index in [1.54, 1.807) is 12.4 Å². The molecule has 2 aromatic rings. The minimum Gasteiger partial charge on any atom is -0.461 e. The van der Waals surface area contributed by atoms with Gasteiger partial charge in [0.15, 0.2) is 5.82 Å². The fourth-order valence-corrected chi connectivity index (χ4v) is 2.46. The summed E-state index contributed by atoms with van der Waals surface area (Å²) in [5, 5.41) is 8.04. The number of nitrogens with one attached hydrogen (secondary N) is 1. The van der Waals surface area contributed by atoms with Crippen LogP contribution in [0.5, 0.6) is 6.01 Å². The Morgan fingerprint density at radius 3 is 2.50 bits per heavy atom. The Labute approximate surface area is 130 Å². The van der Waals surface area contributed by atoms with Crippen molar-refractivity contribution in [1.29, 1.82) is 0 Å². The van der Waals surface area contributed by atoms with E-state index < -0.39 is 0 Å². The SMILES string of the molecule is Cc1cc(N2CCNCC2)nn1-c1cnc(OC(C)C)nc1. The van der Waals surface area contributed by atoms with Gasteiger partial charge in [-0.05, 0) is 20.8 Å². The Balaban J connectivity index is 1.80. The van der Waals surface area contributed by atoms with Crippen LogP contribution in [-0.4, -0.2) is 52.0 Å². The Bertz CT molecular complexity index is 615. The van der Waals surface area contributed by atoms with Gasteiger partial charge in [0.2, 0.25) is 0 Å². The highest BCUT2D eigenvalue weighted by atomic mass is 16.5. The van der Waals surface area contributed by atoms with Crippen LogP contribution in [0.15, 0.2) is 18.5 Å². The number of ether oxygens (including phenoxy) is 1. The van der Waals surface area contributed by atoms with Gasteiger partial charge in [-0.1, -0.05) is 0 Å². The van der Waals surface area contributed by atoms with Crippen molar-refractivity contribution in [3.05, 3.63) is 24.2 Å². The molecule has 0 bridgehead atoms. The number of rotatable bonds is 4. The molecule has 1 aliphatic rings. The number of aryl methyl sites for hydroxylation is 1. The van der Waals surface area contributed by atoms with E-state index in [2.05, 4.69) is 31.3 Å². The fourth-order valence-electron chi connectivity index (χ4n) is 2.46. The molecule has 0 atom stereocenters. The first-order valence-corrected chi connectivity index (χ1v) is 7.65. The van der Waals surface area contributed by atoms with Gasteiger partial charge in [-0.2, -0.15) is 0 Å². The predicted octanol–water partition coefficient (Wildman–Crippen LogP) is 1.17. The lowest BCUT2D eigenvalue weighted by molar-refractivity contribution is 0.222. The first-order chi connectivity index (χ1) is 10.6. The zero-order valence-corrected chi connectivity index (χ0v) is 13.3. The van der Waals surface area contributed by atoms with Gasteiger partial charge >= 0.3 is 6.01 Å². The van der Waals surface area contributed by atoms with Crippen LogP contribution in [0.1, 0.15) is 19.5 Å². The van der Waals surface area contributed by atoms with Gasteiger partial charge in [0, 0.05) is 37.9 Å². The molecular formula is C15H22N6O. The number of aromatic nitrogens is 4. The molecule has 1 fully saturated rings. The second-order valence-electron chi connectivity index (χ2n) is 5.68. The maximum Gasteiger partial charge on any atom is 0.316 e. The average Bonchev–Trinajstić information content (AvgIpc) is 2.90. The van der Waals surface area contributed by atoms with Crippen molar-refractivity contribution < 1.29 is 4.74 Å². The summed E-state index contributed by atoms with van der Waals surface area (Å²) in [4.78, 5) is 10.8. The van der Waals surface area contributed by atoms with E-state index in [0.717, 1.165) is 43.4 Å². The largest absolute Gasteiger partial charge is 0.461 e. The molecule has 1 aliphatic heterocycles. The van der Waals surface area contributed by atoms with Crippen molar-refractivity contribution in [2.45, 2.75) is 26.9 Å². The quantitative estimate of drug-likeness (QED) is 0.914. The smallest absolute Gasteiger partial charge is 0.316 e. The lowest BCUT2D eigenvalue weighted by atomic mass is 10.3. The zero-order valence-electron chi connectivity index (χ0n) is 13.3. The van der Waals surface area contributed by atoms with Crippen LogP contribution in [0.25, 0.3) is 5.69 Å². The zero-order chi connectivity index (χ0) is 15.5. The van der Waals surface area contributed by atoms with Crippen LogP contribution in [0.4, 0.5) is 5.82 Å². The van der Waals surface area contributed by atoms with Crippen LogP contribution >= 0.6 is 0 Å². The highest BCUT2D eigenvalue weighted by Gasteiger charge is 2.15. The van der Waals surface area contributed by atoms with E-state index in [4.69, 9.17) is 4.74 Å². The van der Waals surface area contributed by atoms with Crippen molar-refractivity contribution >= 4 is 5.82 Å². The normalized spacial score (nSPS) is 15.4. The van der Waals surface area contributed by atoms with E-state index >= 15 is 0 Å². The molecule has 1 N–H and O–H groups in total. The van der Waals surface area contributed by atoms with Crippen LogP contribution in [0.2, 0.25) is 0 Å². The Morgan fingerprint density at radius 1 is 1.18 bits per heavy atom. The molecule has 118 valence electrons. The summed E-state index contributed by atoms with van der Waals surface area (Å²) in [5.41, 5.74) is 1.91. The summed E-state index contributed by atoms with van der Waals surface area (Å²) in [5.74, 6) is 1.00. The van der Waals surface area contributed by atoms with E-state index in [9.17, 15) is 0 Å². The minimum absolute atomic E-state index is 0.0663. The molecule has 3 rings (SSSR count). The van der Waals surface area contributed by atoms with E-state index in [0.29, 0.717) is 6.01 Å². The third-order valence-corrected chi connectivity index (χ3v) is 3.52. The minimum atomic E-state index is 0.0663. The van der Waals surface area contributed by atoms with Crippen LogP contribution in [0.3, 0.4) is 0 Å². The van der Waals surface area contributed by atoms with Gasteiger partial charge in [0.25, 0.3) is 0 Å². The molecule has 0 spiro atoms. The monoisotopic (exact) mass is 302 g/mol. The summed E-state index contributed by atoms with van der Waals surface area (Å²) in [6.07, 6.45) is 3.55. The first kappa shape index (κ1) is 14.8. The van der Waals surface area contributed by atoms with Crippen LogP contribution in [-0.2, 0) is 0 Å². The second-order valence-corrected chi connectivity index (χ2v) is 5.68. The molecule has 0 amide bonds. The van der Waals surface area contributed by atoms with Crippen LogP contribution < -0.4 is 15.0 Å². The maximum atomic E-state index is 5.47. The molecule has 7 nitrogen and oxygen atoms in total. The summed E-state index contributed by atoms with van der Waals surface area (Å²) >= 11 is 0. The third kappa shape index (κ3) is 3.19. The molecule has 0 saturated carbocycles. The Kier molecular flexibility index (Phi) is 4.24. The summed E-state index contributed by atoms with van der Waals surface area (Å²) in [6.45, 7) is 9.90. The molecule has 3 heterocycles. The van der Waals surface area contributed by atoms with Gasteiger partial charge in [0.05, 0.1) is 18.5 Å². The molecule has 2 aromatic heterocycles. The maximum absolute atomic E-state index is 5.47. The molecular weight excluding hydrogens is 280 g/mol. The van der Waals surface area contributed by atoms with Crippen molar-refractivity contribution in [3.8, 4) is 11.7 Å². The topological polar surface area (TPSA) is 68.1 Å². The van der Waals surface area contributed by atoms with Crippen molar-refractivity contribution in [1.82, 2.24) is 25.1 Å². The molecule has 0 aliphatic carbocycles. The summed E-state index contributed by atoms with van der Waals surface area (Å²) in [6, 6.07) is 2.50. The Hall–Kier alpha value is -2.15. The molecule has 0 unspecified atom stereocenters. The second kappa shape index (κ2) is 6.31. The number of anilines is 1. The van der Waals surface area contributed by atoms with Gasteiger partial charge in [-0.15, -0.1) is 5.10 Å². The lowest BCUT2D eigenvalue weighted by Crippen LogP contribution is -2.43. The Morgan fingerprint density at radius 2 is 1.86 bits per heavy atom. The first-order valence-electron chi connectivity index (χ1n) is 7.65. The van der Waals surface area contributed by atoms with Gasteiger partial charge in [-0.3, -0.25) is 0 Å². The van der Waals surface area contributed by atoms with E-state index in [1.807, 2.05) is 25.5 Å². The van der Waals surface area contributed by atoms with Crippen LogP contribution in [0, 0.1) is 6.92 Å². The van der Waals surface area contributed by atoms with Crippen molar-refractivity contribution in [3.63, 3.8) is 0 Å². The van der Waals surface area contributed by atoms with Gasteiger partial charge in [0.1, 0.15) is 5.69 Å². The number of hydrogen-bond acceptors (Lipinski definition) is 6. The predicted molar refractivity (Wildman–Crippen MR) is 84.7 cm³/mol. The summed E-state index contributed by atoms with van der Waals surface area (Å²) in [7, 11) is 0. The van der Waals surface area contributed by atoms with E-state index in [-0.39, 0.29) is 6.10 Å². The average molecular weight is 302 g/mol. The molecule has 1 saturated heterocycles. The van der Waals surface area contributed by atoms with Crippen molar-refractivity contribution in [2.75, 3.05) is 31.1 Å². The highest BCUT2D eigenvalue weighted by molar-refractivity contribution is 5.43. The van der Waals surface area contributed by atoms with Gasteiger partial charge < -0.3 is 15.0 Å². The number of nitrogens with zero attached hydrogens (tertiary/aromatic N) is 5. The standard InChI is InChI=1S/C15H22N6O/c1-11(2)22-15-17-9-13(10-18-15)21-12(3)8-14(19-21)20-6-4-16-5-7-20/h8-11,16H,4-7H2,1-3H3. The van der Waals surface area contributed by atoms with E-state index in [1.165, 1.54) is 0 Å². The lowest BCUT2D eigenvalue weighted by Gasteiger charge is -2.27. The molecule has 22 heavy (non-hydrogen) atoms. The molecule has 0 aromatic carbocycles. The number of piperazine rings is 1. The fraction of sp³-hybridized carbons (Fsp3) is 0.533. The third-order valence-electron chi connectivity index (χ3n) is 3.52. The van der Waals surface area contributed by atoms with Crippen molar-refractivity contribution in [2.24, 2.45) is 0 Å². The molecule has 0 radical (unpaired) electrons. The summed E-state index contributed by atoms with van der Waals surface area (Å²) < 4.78 is 7.34. The van der Waals surface area contributed by atoms with Gasteiger partial charge in [-0.25, -0.2) is 14.6 Å².